The van der Waals surface area contributed by atoms with Crippen LogP contribution >= 0.6 is 0 Å². The van der Waals surface area contributed by atoms with Crippen molar-refractivity contribution in [3.63, 3.8) is 0 Å². The second-order valence-corrected chi connectivity index (χ2v) is 4.95. The molecule has 1 amide bonds. The normalized spacial score (nSPS) is 13.5. The lowest BCUT2D eigenvalue weighted by atomic mass is 10.2. The molecule has 1 aliphatic heterocycles. The fraction of sp³-hybridized carbons (Fsp3) is 0.571. The molecule has 1 aromatic heterocycles. The van der Waals surface area contributed by atoms with Gasteiger partial charge >= 0.3 is 6.09 Å². The van der Waals surface area contributed by atoms with Gasteiger partial charge < -0.3 is 4.74 Å². The average molecular weight is 250 g/mol. The van der Waals surface area contributed by atoms with E-state index < -0.39 is 5.60 Å². The van der Waals surface area contributed by atoms with Crippen molar-refractivity contribution in [2.45, 2.75) is 53.3 Å². The van der Waals surface area contributed by atoms with Crippen molar-refractivity contribution in [3.05, 3.63) is 29.6 Å². The number of nitrogens with zero attached hydrogens (tertiary/aromatic N) is 2. The van der Waals surface area contributed by atoms with Crippen molar-refractivity contribution in [1.82, 2.24) is 9.88 Å². The second-order valence-electron chi connectivity index (χ2n) is 4.95. The standard InChI is InChI=1S/C12H16N2O2.C2H6/c1-12(2,3)16-11(15)14-7-9-5-4-6-13-10(9)8-14;1-2/h4-6H,7-8H2,1-3H3;1-2H3. The molecule has 18 heavy (non-hydrogen) atoms. The summed E-state index contributed by atoms with van der Waals surface area (Å²) >= 11 is 0. The summed E-state index contributed by atoms with van der Waals surface area (Å²) in [6, 6.07) is 3.88. The molecular formula is C14H22N2O2. The maximum absolute atomic E-state index is 11.8. The molecule has 0 atom stereocenters. The lowest BCUT2D eigenvalue weighted by molar-refractivity contribution is 0.0240. The monoisotopic (exact) mass is 250 g/mol. The number of carbonyl (C=O) groups is 1. The van der Waals surface area contributed by atoms with Crippen LogP contribution in [0.1, 0.15) is 45.9 Å². The third kappa shape index (κ3) is 3.72. The van der Waals surface area contributed by atoms with E-state index >= 15 is 0 Å². The molecule has 1 aliphatic rings. The third-order valence-electron chi connectivity index (χ3n) is 2.34. The molecule has 4 heteroatoms. The number of pyridine rings is 1. The highest BCUT2D eigenvalue weighted by Gasteiger charge is 2.27. The first kappa shape index (κ1) is 14.5. The first-order valence-electron chi connectivity index (χ1n) is 6.36. The van der Waals surface area contributed by atoms with Crippen molar-refractivity contribution in [1.29, 1.82) is 0 Å². The first-order chi connectivity index (χ1) is 8.46. The highest BCUT2D eigenvalue weighted by molar-refractivity contribution is 5.69. The number of rotatable bonds is 0. The van der Waals surface area contributed by atoms with Crippen LogP contribution in [0.4, 0.5) is 4.79 Å². The highest BCUT2D eigenvalue weighted by Crippen LogP contribution is 2.22. The fourth-order valence-electron chi connectivity index (χ4n) is 1.66. The van der Waals surface area contributed by atoms with Crippen LogP contribution in [0.2, 0.25) is 0 Å². The predicted octanol–water partition coefficient (Wildman–Crippen LogP) is 3.36. The van der Waals surface area contributed by atoms with E-state index in [0.29, 0.717) is 13.1 Å². The summed E-state index contributed by atoms with van der Waals surface area (Å²) in [6.07, 6.45) is 1.47. The van der Waals surface area contributed by atoms with Gasteiger partial charge in [0.1, 0.15) is 5.60 Å². The van der Waals surface area contributed by atoms with Gasteiger partial charge in [-0.05, 0) is 32.4 Å². The Morgan fingerprint density at radius 1 is 1.33 bits per heavy atom. The summed E-state index contributed by atoms with van der Waals surface area (Å²) in [4.78, 5) is 17.7. The minimum atomic E-state index is -0.445. The number of hydrogen-bond acceptors (Lipinski definition) is 3. The van der Waals surface area contributed by atoms with Crippen LogP contribution in [-0.2, 0) is 17.8 Å². The lowest BCUT2D eigenvalue weighted by Gasteiger charge is -2.23. The van der Waals surface area contributed by atoms with E-state index in [2.05, 4.69) is 4.98 Å². The van der Waals surface area contributed by atoms with Gasteiger partial charge in [0.2, 0.25) is 0 Å². The van der Waals surface area contributed by atoms with Crippen LogP contribution in [0.25, 0.3) is 0 Å². The van der Waals surface area contributed by atoms with Crippen LogP contribution in [0.5, 0.6) is 0 Å². The van der Waals surface area contributed by atoms with E-state index in [0.717, 1.165) is 11.3 Å². The number of ether oxygens (including phenoxy) is 1. The molecule has 0 aromatic carbocycles. The molecule has 0 radical (unpaired) electrons. The van der Waals surface area contributed by atoms with E-state index in [9.17, 15) is 4.79 Å². The molecule has 0 spiro atoms. The third-order valence-corrected chi connectivity index (χ3v) is 2.34. The SMILES string of the molecule is CC.CC(C)(C)OC(=O)N1Cc2cccnc2C1. The van der Waals surface area contributed by atoms with Gasteiger partial charge in [-0.1, -0.05) is 19.9 Å². The molecule has 2 rings (SSSR count). The summed E-state index contributed by atoms with van der Waals surface area (Å²) in [6.45, 7) is 10.7. The van der Waals surface area contributed by atoms with E-state index in [-0.39, 0.29) is 6.09 Å². The minimum Gasteiger partial charge on any atom is -0.444 e. The van der Waals surface area contributed by atoms with E-state index in [1.54, 1.807) is 11.1 Å². The Hall–Kier alpha value is -1.58. The zero-order valence-electron chi connectivity index (χ0n) is 11.9. The van der Waals surface area contributed by atoms with Gasteiger partial charge in [-0.15, -0.1) is 0 Å². The van der Waals surface area contributed by atoms with Gasteiger partial charge in [0, 0.05) is 6.20 Å². The van der Waals surface area contributed by atoms with Gasteiger partial charge in [-0.3, -0.25) is 9.88 Å². The Kier molecular flexibility index (Phi) is 4.70. The molecule has 1 aromatic rings. The molecule has 4 nitrogen and oxygen atoms in total. The molecule has 2 heterocycles. The van der Waals surface area contributed by atoms with E-state index in [1.807, 2.05) is 46.8 Å². The Labute approximate surface area is 109 Å². The van der Waals surface area contributed by atoms with Gasteiger partial charge in [0.15, 0.2) is 0 Å². The Bertz CT molecular complexity index is 386. The largest absolute Gasteiger partial charge is 0.444 e. The number of carbonyl (C=O) groups excluding carboxylic acids is 1. The van der Waals surface area contributed by atoms with E-state index in [1.165, 1.54) is 0 Å². The molecule has 0 unspecified atom stereocenters. The predicted molar refractivity (Wildman–Crippen MR) is 71.1 cm³/mol. The molecule has 0 bridgehead atoms. The molecule has 100 valence electrons. The summed E-state index contributed by atoms with van der Waals surface area (Å²) in [7, 11) is 0. The van der Waals surface area contributed by atoms with Crippen molar-refractivity contribution in [2.75, 3.05) is 0 Å². The summed E-state index contributed by atoms with van der Waals surface area (Å²) < 4.78 is 5.31. The zero-order chi connectivity index (χ0) is 13.8. The van der Waals surface area contributed by atoms with Crippen LogP contribution in [-0.4, -0.2) is 21.6 Å². The van der Waals surface area contributed by atoms with Crippen molar-refractivity contribution >= 4 is 6.09 Å². The smallest absolute Gasteiger partial charge is 0.410 e. The molecule has 0 aliphatic carbocycles. The van der Waals surface area contributed by atoms with Gasteiger partial charge in [-0.25, -0.2) is 4.79 Å². The molecular weight excluding hydrogens is 228 g/mol. The Morgan fingerprint density at radius 2 is 2.00 bits per heavy atom. The van der Waals surface area contributed by atoms with Gasteiger partial charge in [-0.2, -0.15) is 0 Å². The van der Waals surface area contributed by atoms with Crippen LogP contribution in [0.3, 0.4) is 0 Å². The summed E-state index contributed by atoms with van der Waals surface area (Å²) in [5, 5.41) is 0. The highest BCUT2D eigenvalue weighted by atomic mass is 16.6. The number of amides is 1. The quantitative estimate of drug-likeness (QED) is 0.709. The number of fused-ring (bicyclic) bond motifs is 1. The van der Waals surface area contributed by atoms with Crippen LogP contribution < -0.4 is 0 Å². The molecule has 0 saturated carbocycles. The molecule has 0 saturated heterocycles. The van der Waals surface area contributed by atoms with Crippen molar-refractivity contribution < 1.29 is 9.53 Å². The van der Waals surface area contributed by atoms with Gasteiger partial charge in [0.25, 0.3) is 0 Å². The minimum absolute atomic E-state index is 0.273. The first-order valence-corrected chi connectivity index (χ1v) is 6.36. The van der Waals surface area contributed by atoms with E-state index in [4.69, 9.17) is 4.74 Å². The van der Waals surface area contributed by atoms with Crippen molar-refractivity contribution in [3.8, 4) is 0 Å². The Morgan fingerprint density at radius 3 is 2.56 bits per heavy atom. The van der Waals surface area contributed by atoms with Crippen LogP contribution in [0.15, 0.2) is 18.3 Å². The summed E-state index contributed by atoms with van der Waals surface area (Å²) in [5.41, 5.74) is 1.63. The maximum Gasteiger partial charge on any atom is 0.410 e. The zero-order valence-corrected chi connectivity index (χ0v) is 11.9. The molecule has 0 fully saturated rings. The average Bonchev–Trinajstić information content (AvgIpc) is 2.73. The summed E-state index contributed by atoms with van der Waals surface area (Å²) in [5.74, 6) is 0. The van der Waals surface area contributed by atoms with Gasteiger partial charge in [0.05, 0.1) is 18.8 Å². The van der Waals surface area contributed by atoms with Crippen molar-refractivity contribution in [2.24, 2.45) is 0 Å². The number of aromatic nitrogens is 1. The second kappa shape index (κ2) is 5.85. The van der Waals surface area contributed by atoms with Crippen LogP contribution in [0, 0.1) is 0 Å². The molecule has 0 N–H and O–H groups in total. The fourth-order valence-corrected chi connectivity index (χ4v) is 1.66. The number of hydrogen-bond donors (Lipinski definition) is 0. The Balaban J connectivity index is 0.000000771. The topological polar surface area (TPSA) is 42.4 Å². The maximum atomic E-state index is 11.8. The lowest BCUT2D eigenvalue weighted by Crippen LogP contribution is -2.33.